The van der Waals surface area contributed by atoms with Gasteiger partial charge in [0.15, 0.2) is 0 Å². The van der Waals surface area contributed by atoms with Crippen LogP contribution in [-0.4, -0.2) is 37.7 Å². The van der Waals surface area contributed by atoms with E-state index < -0.39 is 0 Å². The van der Waals surface area contributed by atoms with Crippen LogP contribution < -0.4 is 10.6 Å². The van der Waals surface area contributed by atoms with Gasteiger partial charge in [-0.25, -0.2) is 0 Å². The topological polar surface area (TPSA) is 50.4 Å². The van der Waals surface area contributed by atoms with Crippen LogP contribution in [-0.2, 0) is 9.53 Å². The maximum Gasteiger partial charge on any atom is 0.237 e. The van der Waals surface area contributed by atoms with E-state index in [1.54, 1.807) is 7.11 Å². The van der Waals surface area contributed by atoms with E-state index >= 15 is 0 Å². The molecule has 2 fully saturated rings. The van der Waals surface area contributed by atoms with Crippen LogP contribution in [0.2, 0.25) is 0 Å². The number of carbonyl (C=O) groups excluding carboxylic acids is 1. The van der Waals surface area contributed by atoms with Crippen molar-refractivity contribution in [3.8, 4) is 0 Å². The fourth-order valence-electron chi connectivity index (χ4n) is 3.66. The summed E-state index contributed by atoms with van der Waals surface area (Å²) in [6.45, 7) is 5.36. The molecule has 3 atom stereocenters. The standard InChI is InChI=1S/C14H26N2O2/c1-4-14(5-2)11(9-12(14)18-3)16-13(17)10-7-6-8-15-10/h10-12,15H,4-9H2,1-3H3,(H,16,17). The second-order valence-electron chi connectivity index (χ2n) is 5.61. The molecule has 1 heterocycles. The fourth-order valence-corrected chi connectivity index (χ4v) is 3.66. The Labute approximate surface area is 110 Å². The first-order chi connectivity index (χ1) is 8.67. The average molecular weight is 254 g/mol. The van der Waals surface area contributed by atoms with Crippen molar-refractivity contribution in [2.24, 2.45) is 5.41 Å². The lowest BCUT2D eigenvalue weighted by Crippen LogP contribution is -2.65. The van der Waals surface area contributed by atoms with Gasteiger partial charge in [0.25, 0.3) is 0 Å². The van der Waals surface area contributed by atoms with Gasteiger partial charge in [0.2, 0.25) is 5.91 Å². The van der Waals surface area contributed by atoms with Crippen LogP contribution in [0.1, 0.15) is 46.0 Å². The molecular weight excluding hydrogens is 228 g/mol. The normalized spacial score (nSPS) is 34.1. The lowest BCUT2D eigenvalue weighted by atomic mass is 9.58. The third kappa shape index (κ3) is 2.16. The summed E-state index contributed by atoms with van der Waals surface area (Å²) in [4.78, 5) is 12.1. The second kappa shape index (κ2) is 5.57. The van der Waals surface area contributed by atoms with Crippen LogP contribution in [0, 0.1) is 5.41 Å². The zero-order chi connectivity index (χ0) is 13.2. The summed E-state index contributed by atoms with van der Waals surface area (Å²) in [5.74, 6) is 0.179. The molecule has 0 aromatic rings. The number of hydrogen-bond acceptors (Lipinski definition) is 3. The first kappa shape index (κ1) is 13.8. The maximum atomic E-state index is 12.1. The molecule has 0 bridgehead atoms. The molecule has 2 aliphatic rings. The van der Waals surface area contributed by atoms with Crippen LogP contribution in [0.5, 0.6) is 0 Å². The van der Waals surface area contributed by atoms with Crippen LogP contribution in [0.25, 0.3) is 0 Å². The molecule has 1 amide bonds. The largest absolute Gasteiger partial charge is 0.381 e. The lowest BCUT2D eigenvalue weighted by molar-refractivity contribution is -0.142. The Morgan fingerprint density at radius 1 is 1.44 bits per heavy atom. The lowest BCUT2D eigenvalue weighted by Gasteiger charge is -2.55. The predicted octanol–water partition coefficient (Wildman–Crippen LogP) is 1.45. The molecule has 1 saturated carbocycles. The Morgan fingerprint density at radius 3 is 2.67 bits per heavy atom. The quantitative estimate of drug-likeness (QED) is 0.780. The van der Waals surface area contributed by atoms with Gasteiger partial charge in [0, 0.05) is 18.6 Å². The molecule has 1 saturated heterocycles. The summed E-state index contributed by atoms with van der Waals surface area (Å²) in [7, 11) is 1.78. The van der Waals surface area contributed by atoms with Gasteiger partial charge in [-0.3, -0.25) is 4.79 Å². The Balaban J connectivity index is 1.95. The van der Waals surface area contributed by atoms with E-state index in [1.807, 2.05) is 0 Å². The number of methoxy groups -OCH3 is 1. The molecule has 1 aliphatic carbocycles. The summed E-state index contributed by atoms with van der Waals surface area (Å²) in [5.41, 5.74) is 0.142. The van der Waals surface area contributed by atoms with Gasteiger partial charge in [-0.2, -0.15) is 0 Å². The smallest absolute Gasteiger partial charge is 0.237 e. The van der Waals surface area contributed by atoms with Gasteiger partial charge >= 0.3 is 0 Å². The highest BCUT2D eigenvalue weighted by Gasteiger charge is 2.53. The molecule has 3 unspecified atom stereocenters. The van der Waals surface area contributed by atoms with Crippen molar-refractivity contribution in [3.63, 3.8) is 0 Å². The van der Waals surface area contributed by atoms with Crippen molar-refractivity contribution < 1.29 is 9.53 Å². The summed E-state index contributed by atoms with van der Waals surface area (Å²) >= 11 is 0. The van der Waals surface area contributed by atoms with Crippen LogP contribution >= 0.6 is 0 Å². The van der Waals surface area contributed by atoms with Gasteiger partial charge in [0.1, 0.15) is 0 Å². The van der Waals surface area contributed by atoms with Gasteiger partial charge < -0.3 is 15.4 Å². The molecule has 0 radical (unpaired) electrons. The Morgan fingerprint density at radius 2 is 2.17 bits per heavy atom. The van der Waals surface area contributed by atoms with E-state index in [0.29, 0.717) is 6.10 Å². The third-order valence-corrected chi connectivity index (χ3v) is 5.08. The second-order valence-corrected chi connectivity index (χ2v) is 5.61. The van der Waals surface area contributed by atoms with Crippen molar-refractivity contribution in [2.45, 2.75) is 64.1 Å². The van der Waals surface area contributed by atoms with Gasteiger partial charge in [0.05, 0.1) is 12.1 Å². The molecule has 4 heteroatoms. The first-order valence-electron chi connectivity index (χ1n) is 7.24. The molecule has 0 aromatic carbocycles. The third-order valence-electron chi connectivity index (χ3n) is 5.08. The van der Waals surface area contributed by atoms with Gasteiger partial charge in [-0.1, -0.05) is 13.8 Å². The van der Waals surface area contributed by atoms with Gasteiger partial charge in [-0.15, -0.1) is 0 Å². The highest BCUT2D eigenvalue weighted by atomic mass is 16.5. The van der Waals surface area contributed by atoms with Crippen LogP contribution in [0.3, 0.4) is 0 Å². The van der Waals surface area contributed by atoms with E-state index in [0.717, 1.165) is 38.6 Å². The van der Waals surface area contributed by atoms with E-state index in [4.69, 9.17) is 4.74 Å². The van der Waals surface area contributed by atoms with Crippen molar-refractivity contribution in [2.75, 3.05) is 13.7 Å². The van der Waals surface area contributed by atoms with Crippen molar-refractivity contribution in [3.05, 3.63) is 0 Å². The first-order valence-corrected chi connectivity index (χ1v) is 7.24. The molecule has 2 N–H and O–H groups in total. The van der Waals surface area contributed by atoms with Crippen LogP contribution in [0.4, 0.5) is 0 Å². The fraction of sp³-hybridized carbons (Fsp3) is 0.929. The van der Waals surface area contributed by atoms with E-state index in [2.05, 4.69) is 24.5 Å². The maximum absolute atomic E-state index is 12.1. The van der Waals surface area contributed by atoms with Crippen molar-refractivity contribution in [1.82, 2.24) is 10.6 Å². The van der Waals surface area contributed by atoms with Gasteiger partial charge in [-0.05, 0) is 38.6 Å². The van der Waals surface area contributed by atoms with Crippen molar-refractivity contribution >= 4 is 5.91 Å². The summed E-state index contributed by atoms with van der Waals surface area (Å²) in [6.07, 6.45) is 5.45. The summed E-state index contributed by atoms with van der Waals surface area (Å²) < 4.78 is 5.55. The molecule has 0 aromatic heterocycles. The SMILES string of the molecule is CCC1(CC)C(NC(=O)C2CCCN2)CC1OC. The number of ether oxygens (including phenoxy) is 1. The number of nitrogens with one attached hydrogen (secondary N) is 2. The Hall–Kier alpha value is -0.610. The minimum Gasteiger partial charge on any atom is -0.381 e. The predicted molar refractivity (Wildman–Crippen MR) is 71.4 cm³/mol. The summed E-state index contributed by atoms with van der Waals surface area (Å²) in [5, 5.41) is 6.49. The Bertz CT molecular complexity index is 296. The number of rotatable bonds is 5. The van der Waals surface area contributed by atoms with Crippen LogP contribution in [0.15, 0.2) is 0 Å². The monoisotopic (exact) mass is 254 g/mol. The number of hydrogen-bond donors (Lipinski definition) is 2. The van der Waals surface area contributed by atoms with E-state index in [9.17, 15) is 4.79 Å². The minimum absolute atomic E-state index is 0.0259. The minimum atomic E-state index is 0.0259. The van der Waals surface area contributed by atoms with E-state index in [-0.39, 0.29) is 23.4 Å². The van der Waals surface area contributed by atoms with E-state index in [1.165, 1.54) is 0 Å². The summed E-state index contributed by atoms with van der Waals surface area (Å²) in [6, 6.07) is 0.311. The highest BCUT2D eigenvalue weighted by Crippen LogP contribution is 2.48. The van der Waals surface area contributed by atoms with Crippen molar-refractivity contribution in [1.29, 1.82) is 0 Å². The molecule has 18 heavy (non-hydrogen) atoms. The number of carbonyl (C=O) groups is 1. The molecule has 0 spiro atoms. The Kier molecular flexibility index (Phi) is 4.28. The zero-order valence-corrected chi connectivity index (χ0v) is 11.8. The zero-order valence-electron chi connectivity index (χ0n) is 11.8. The average Bonchev–Trinajstić information content (AvgIpc) is 2.89. The molecule has 4 nitrogen and oxygen atoms in total. The molecule has 1 aliphatic heterocycles. The molecule has 2 rings (SSSR count). The molecule has 104 valence electrons. The molecular formula is C14H26N2O2. The highest BCUT2D eigenvalue weighted by molar-refractivity contribution is 5.82. The number of amides is 1.